The molecule has 0 aromatic heterocycles. The Morgan fingerprint density at radius 2 is 1.70 bits per heavy atom. The SMILES string of the molecule is COc1cc(C(=O)Nc2ccc(N3CCNCC3)c([N+](=O)[O-])c2)cc(OC)c1OC. The zero-order chi connectivity index (χ0) is 21.7. The van der Waals surface area contributed by atoms with Gasteiger partial charge in [-0.1, -0.05) is 0 Å². The number of nitro benzene ring substituents is 1. The highest BCUT2D eigenvalue weighted by Crippen LogP contribution is 2.38. The molecule has 1 amide bonds. The van der Waals surface area contributed by atoms with E-state index in [-0.39, 0.29) is 11.3 Å². The summed E-state index contributed by atoms with van der Waals surface area (Å²) in [5, 5.41) is 17.5. The van der Waals surface area contributed by atoms with Gasteiger partial charge in [-0.15, -0.1) is 0 Å². The number of ether oxygens (including phenoxy) is 3. The van der Waals surface area contributed by atoms with E-state index in [0.29, 0.717) is 41.7 Å². The lowest BCUT2D eigenvalue weighted by Gasteiger charge is -2.29. The number of methoxy groups -OCH3 is 3. The van der Waals surface area contributed by atoms with E-state index < -0.39 is 10.8 Å². The number of carbonyl (C=O) groups excluding carboxylic acids is 1. The fraction of sp³-hybridized carbons (Fsp3) is 0.350. The van der Waals surface area contributed by atoms with Crippen LogP contribution in [0.4, 0.5) is 17.1 Å². The van der Waals surface area contributed by atoms with Crippen LogP contribution in [0.5, 0.6) is 17.2 Å². The van der Waals surface area contributed by atoms with Crippen molar-refractivity contribution in [3.8, 4) is 17.2 Å². The Hall–Kier alpha value is -3.53. The van der Waals surface area contributed by atoms with Crippen molar-refractivity contribution in [2.45, 2.75) is 0 Å². The normalized spacial score (nSPS) is 13.5. The summed E-state index contributed by atoms with van der Waals surface area (Å²) >= 11 is 0. The van der Waals surface area contributed by atoms with Crippen molar-refractivity contribution in [1.29, 1.82) is 0 Å². The molecular formula is C20H24N4O6. The number of benzene rings is 2. The molecule has 0 aliphatic carbocycles. The van der Waals surface area contributed by atoms with Gasteiger partial charge in [0.2, 0.25) is 5.75 Å². The number of amides is 1. The van der Waals surface area contributed by atoms with E-state index in [0.717, 1.165) is 13.1 Å². The minimum atomic E-state index is -0.460. The van der Waals surface area contributed by atoms with Gasteiger partial charge in [0.1, 0.15) is 5.69 Å². The Morgan fingerprint density at radius 3 is 2.23 bits per heavy atom. The number of nitro groups is 1. The molecular weight excluding hydrogens is 392 g/mol. The standard InChI is InChI=1S/C20H24N4O6/c1-28-17-10-13(11-18(29-2)19(17)30-3)20(25)22-14-4-5-15(16(12-14)24(26)27)23-8-6-21-7-9-23/h4-5,10-12,21H,6-9H2,1-3H3,(H,22,25). The van der Waals surface area contributed by atoms with Crippen LogP contribution in [-0.2, 0) is 0 Å². The van der Waals surface area contributed by atoms with E-state index >= 15 is 0 Å². The molecule has 1 heterocycles. The van der Waals surface area contributed by atoms with Crippen LogP contribution in [0, 0.1) is 10.1 Å². The third-order valence-corrected chi connectivity index (χ3v) is 4.81. The third kappa shape index (κ3) is 4.38. The summed E-state index contributed by atoms with van der Waals surface area (Å²) in [5.74, 6) is 0.579. The summed E-state index contributed by atoms with van der Waals surface area (Å²) in [6.07, 6.45) is 0. The molecule has 2 N–H and O–H groups in total. The molecule has 0 spiro atoms. The van der Waals surface area contributed by atoms with Crippen LogP contribution in [0.1, 0.15) is 10.4 Å². The minimum Gasteiger partial charge on any atom is -0.493 e. The summed E-state index contributed by atoms with van der Waals surface area (Å²) in [5.41, 5.74) is 1.06. The third-order valence-electron chi connectivity index (χ3n) is 4.81. The molecule has 0 bridgehead atoms. The lowest BCUT2D eigenvalue weighted by atomic mass is 10.1. The minimum absolute atomic E-state index is 0.0559. The molecule has 0 radical (unpaired) electrons. The summed E-state index contributed by atoms with van der Waals surface area (Å²) in [4.78, 5) is 25.9. The van der Waals surface area contributed by atoms with Crippen molar-refractivity contribution in [2.24, 2.45) is 0 Å². The van der Waals surface area contributed by atoms with Crippen LogP contribution < -0.4 is 29.7 Å². The second-order valence-electron chi connectivity index (χ2n) is 6.57. The Balaban J connectivity index is 1.88. The van der Waals surface area contributed by atoms with Crippen LogP contribution in [0.25, 0.3) is 0 Å². The maximum atomic E-state index is 12.8. The van der Waals surface area contributed by atoms with Crippen molar-refractivity contribution in [1.82, 2.24) is 5.32 Å². The molecule has 1 aliphatic heterocycles. The monoisotopic (exact) mass is 416 g/mol. The van der Waals surface area contributed by atoms with Gasteiger partial charge in [0, 0.05) is 43.5 Å². The molecule has 1 aliphatic rings. The highest BCUT2D eigenvalue weighted by Gasteiger charge is 2.23. The van der Waals surface area contributed by atoms with Crippen LogP contribution in [0.2, 0.25) is 0 Å². The molecule has 0 saturated carbocycles. The molecule has 2 aromatic carbocycles. The highest BCUT2D eigenvalue weighted by molar-refractivity contribution is 6.05. The molecule has 3 rings (SSSR count). The molecule has 1 saturated heterocycles. The maximum absolute atomic E-state index is 12.8. The van der Waals surface area contributed by atoms with Gasteiger partial charge >= 0.3 is 0 Å². The van der Waals surface area contributed by atoms with E-state index in [1.165, 1.54) is 39.5 Å². The first kappa shape index (κ1) is 21.2. The lowest BCUT2D eigenvalue weighted by molar-refractivity contribution is -0.384. The first-order valence-electron chi connectivity index (χ1n) is 9.34. The van der Waals surface area contributed by atoms with Crippen molar-refractivity contribution in [2.75, 3.05) is 57.7 Å². The summed E-state index contributed by atoms with van der Waals surface area (Å²) in [6, 6.07) is 7.71. The Bertz CT molecular complexity index is 918. The fourth-order valence-electron chi connectivity index (χ4n) is 3.34. The van der Waals surface area contributed by atoms with Crippen molar-refractivity contribution >= 4 is 23.0 Å². The molecule has 10 heteroatoms. The van der Waals surface area contributed by atoms with Crippen molar-refractivity contribution < 1.29 is 23.9 Å². The van der Waals surface area contributed by atoms with E-state index in [1.54, 1.807) is 12.1 Å². The zero-order valence-corrected chi connectivity index (χ0v) is 17.1. The number of nitrogens with one attached hydrogen (secondary N) is 2. The van der Waals surface area contributed by atoms with E-state index in [4.69, 9.17) is 14.2 Å². The average molecular weight is 416 g/mol. The van der Waals surface area contributed by atoms with Gasteiger partial charge in [-0.05, 0) is 24.3 Å². The second-order valence-corrected chi connectivity index (χ2v) is 6.57. The number of nitrogens with zero attached hydrogens (tertiary/aromatic N) is 2. The van der Waals surface area contributed by atoms with Crippen LogP contribution in [0.3, 0.4) is 0 Å². The Labute approximate surface area is 173 Å². The van der Waals surface area contributed by atoms with Gasteiger partial charge in [0.15, 0.2) is 11.5 Å². The van der Waals surface area contributed by atoms with Gasteiger partial charge in [0.05, 0.1) is 26.3 Å². The molecule has 10 nitrogen and oxygen atoms in total. The van der Waals surface area contributed by atoms with Gasteiger partial charge in [0.25, 0.3) is 11.6 Å². The number of hydrogen-bond acceptors (Lipinski definition) is 8. The summed E-state index contributed by atoms with van der Waals surface area (Å²) in [7, 11) is 4.38. The van der Waals surface area contributed by atoms with Crippen molar-refractivity contribution in [3.63, 3.8) is 0 Å². The predicted molar refractivity (Wildman–Crippen MR) is 112 cm³/mol. The first-order chi connectivity index (χ1) is 14.5. The highest BCUT2D eigenvalue weighted by atomic mass is 16.6. The van der Waals surface area contributed by atoms with Gasteiger partial charge < -0.3 is 29.7 Å². The molecule has 30 heavy (non-hydrogen) atoms. The number of anilines is 2. The molecule has 0 atom stereocenters. The van der Waals surface area contributed by atoms with Crippen molar-refractivity contribution in [3.05, 3.63) is 46.0 Å². The number of carbonyl (C=O) groups is 1. The first-order valence-corrected chi connectivity index (χ1v) is 9.34. The zero-order valence-electron chi connectivity index (χ0n) is 17.1. The lowest BCUT2D eigenvalue weighted by Crippen LogP contribution is -2.43. The predicted octanol–water partition coefficient (Wildman–Crippen LogP) is 2.28. The topological polar surface area (TPSA) is 115 Å². The van der Waals surface area contributed by atoms with E-state index in [2.05, 4.69) is 10.6 Å². The fourth-order valence-corrected chi connectivity index (χ4v) is 3.34. The number of piperazine rings is 1. The van der Waals surface area contributed by atoms with Gasteiger partial charge in [-0.2, -0.15) is 0 Å². The molecule has 0 unspecified atom stereocenters. The molecule has 160 valence electrons. The second kappa shape index (κ2) is 9.31. The smallest absolute Gasteiger partial charge is 0.294 e. The van der Waals surface area contributed by atoms with Crippen LogP contribution in [-0.4, -0.2) is 58.3 Å². The van der Waals surface area contributed by atoms with Gasteiger partial charge in [-0.3, -0.25) is 14.9 Å². The van der Waals surface area contributed by atoms with Crippen LogP contribution >= 0.6 is 0 Å². The summed E-state index contributed by atoms with van der Waals surface area (Å²) in [6.45, 7) is 2.88. The molecule has 1 fully saturated rings. The van der Waals surface area contributed by atoms with Crippen LogP contribution in [0.15, 0.2) is 30.3 Å². The number of rotatable bonds is 7. The van der Waals surface area contributed by atoms with E-state index in [9.17, 15) is 14.9 Å². The van der Waals surface area contributed by atoms with E-state index in [1.807, 2.05) is 4.90 Å². The largest absolute Gasteiger partial charge is 0.493 e. The average Bonchev–Trinajstić information content (AvgIpc) is 2.78. The quantitative estimate of drug-likeness (QED) is 0.522. The summed E-state index contributed by atoms with van der Waals surface area (Å²) < 4.78 is 15.8. The maximum Gasteiger partial charge on any atom is 0.294 e. The number of hydrogen-bond donors (Lipinski definition) is 2. The Kier molecular flexibility index (Phi) is 6.58. The molecule has 2 aromatic rings. The Morgan fingerprint density at radius 1 is 1.07 bits per heavy atom. The van der Waals surface area contributed by atoms with Gasteiger partial charge in [-0.25, -0.2) is 0 Å².